The van der Waals surface area contributed by atoms with E-state index in [4.69, 9.17) is 18.9 Å². The van der Waals surface area contributed by atoms with Gasteiger partial charge >= 0.3 is 0 Å². The predicted molar refractivity (Wildman–Crippen MR) is 131 cm³/mol. The van der Waals surface area contributed by atoms with Gasteiger partial charge < -0.3 is 29.0 Å². The van der Waals surface area contributed by atoms with E-state index in [0.717, 1.165) is 25.2 Å². The third kappa shape index (κ3) is 4.76. The number of methoxy groups -OCH3 is 1. The van der Waals surface area contributed by atoms with Gasteiger partial charge in [0.25, 0.3) is 11.7 Å². The van der Waals surface area contributed by atoms with Crippen LogP contribution in [0.5, 0.6) is 17.2 Å². The van der Waals surface area contributed by atoms with Gasteiger partial charge in [0.2, 0.25) is 0 Å². The quantitative estimate of drug-likeness (QED) is 0.357. The molecular formula is C27H30N2O7. The highest BCUT2D eigenvalue weighted by Crippen LogP contribution is 2.41. The zero-order chi connectivity index (χ0) is 25.1. The molecule has 1 N–H and O–H groups in total. The maximum absolute atomic E-state index is 13.3. The van der Waals surface area contributed by atoms with Crippen LogP contribution in [0.15, 0.2) is 48.0 Å². The van der Waals surface area contributed by atoms with Gasteiger partial charge in [0.1, 0.15) is 24.7 Å². The lowest BCUT2D eigenvalue weighted by molar-refractivity contribution is -0.140. The maximum atomic E-state index is 13.3. The maximum Gasteiger partial charge on any atom is 0.295 e. The van der Waals surface area contributed by atoms with E-state index in [9.17, 15) is 14.7 Å². The number of benzene rings is 2. The molecule has 1 atom stereocenters. The van der Waals surface area contributed by atoms with Crippen molar-refractivity contribution < 1.29 is 33.6 Å². The van der Waals surface area contributed by atoms with Crippen molar-refractivity contribution in [1.29, 1.82) is 0 Å². The lowest BCUT2D eigenvalue weighted by Crippen LogP contribution is -2.38. The summed E-state index contributed by atoms with van der Waals surface area (Å²) >= 11 is 0. The van der Waals surface area contributed by atoms with E-state index in [0.29, 0.717) is 62.2 Å². The predicted octanol–water partition coefficient (Wildman–Crippen LogP) is 2.61. The van der Waals surface area contributed by atoms with Crippen LogP contribution in [-0.2, 0) is 14.3 Å². The first-order valence-corrected chi connectivity index (χ1v) is 12.2. The Bertz CT molecular complexity index is 1160. The third-order valence-electron chi connectivity index (χ3n) is 6.76. The minimum absolute atomic E-state index is 0.0632. The summed E-state index contributed by atoms with van der Waals surface area (Å²) in [7, 11) is 1.58. The number of hydrogen-bond donors (Lipinski definition) is 1. The summed E-state index contributed by atoms with van der Waals surface area (Å²) in [5.41, 5.74) is 1.18. The van der Waals surface area contributed by atoms with Crippen LogP contribution in [0.1, 0.15) is 23.6 Å². The number of carbonyl (C=O) groups is 2. The lowest BCUT2D eigenvalue weighted by atomic mass is 9.95. The Balaban J connectivity index is 1.48. The summed E-state index contributed by atoms with van der Waals surface area (Å²) in [6.07, 6.45) is 0.698. The van der Waals surface area contributed by atoms with Crippen molar-refractivity contribution in [3.05, 3.63) is 59.2 Å². The van der Waals surface area contributed by atoms with Crippen molar-refractivity contribution >= 4 is 17.4 Å². The summed E-state index contributed by atoms with van der Waals surface area (Å²) < 4.78 is 21.9. The molecule has 0 aliphatic carbocycles. The molecule has 2 fully saturated rings. The number of aliphatic hydroxyl groups excluding tert-OH is 1. The summed E-state index contributed by atoms with van der Waals surface area (Å²) in [6.45, 7) is 5.13. The lowest BCUT2D eigenvalue weighted by Gasteiger charge is -2.29. The van der Waals surface area contributed by atoms with Gasteiger partial charge in [-0.15, -0.1) is 0 Å². The normalized spacial score (nSPS) is 21.6. The highest BCUT2D eigenvalue weighted by atomic mass is 16.6. The molecule has 0 aromatic heterocycles. The molecule has 0 saturated carbocycles. The van der Waals surface area contributed by atoms with E-state index >= 15 is 0 Å². The molecule has 0 unspecified atom stereocenters. The number of rotatable bonds is 7. The number of morpholine rings is 1. The molecule has 1 amide bonds. The van der Waals surface area contributed by atoms with Crippen molar-refractivity contribution in [2.45, 2.75) is 12.5 Å². The molecule has 0 spiro atoms. The van der Waals surface area contributed by atoms with Crippen LogP contribution in [-0.4, -0.2) is 86.3 Å². The van der Waals surface area contributed by atoms with Gasteiger partial charge in [0, 0.05) is 31.7 Å². The molecule has 9 nitrogen and oxygen atoms in total. The largest absolute Gasteiger partial charge is 0.507 e. The Morgan fingerprint density at radius 2 is 1.69 bits per heavy atom. The fourth-order valence-corrected chi connectivity index (χ4v) is 4.88. The van der Waals surface area contributed by atoms with E-state index in [1.807, 2.05) is 12.1 Å². The molecule has 2 aromatic carbocycles. The summed E-state index contributed by atoms with van der Waals surface area (Å²) in [5.74, 6) is 0.183. The minimum atomic E-state index is -0.714. The molecule has 3 aliphatic rings. The monoisotopic (exact) mass is 494 g/mol. The van der Waals surface area contributed by atoms with Crippen LogP contribution < -0.4 is 14.2 Å². The van der Waals surface area contributed by atoms with Gasteiger partial charge in [0.15, 0.2) is 11.5 Å². The Morgan fingerprint density at radius 3 is 2.42 bits per heavy atom. The number of ketones is 1. The van der Waals surface area contributed by atoms with Crippen LogP contribution in [0.3, 0.4) is 0 Å². The van der Waals surface area contributed by atoms with Crippen LogP contribution in [0.25, 0.3) is 5.76 Å². The van der Waals surface area contributed by atoms with Crippen molar-refractivity contribution in [3.63, 3.8) is 0 Å². The number of hydrogen-bond acceptors (Lipinski definition) is 8. The van der Waals surface area contributed by atoms with E-state index < -0.39 is 17.7 Å². The molecule has 0 radical (unpaired) electrons. The molecule has 0 bridgehead atoms. The molecule has 3 heterocycles. The molecule has 190 valence electrons. The van der Waals surface area contributed by atoms with Crippen molar-refractivity contribution in [2.24, 2.45) is 0 Å². The van der Waals surface area contributed by atoms with E-state index in [2.05, 4.69) is 4.90 Å². The molecule has 2 saturated heterocycles. The van der Waals surface area contributed by atoms with E-state index in [-0.39, 0.29) is 11.3 Å². The molecule has 5 rings (SSSR count). The van der Waals surface area contributed by atoms with Gasteiger partial charge in [0.05, 0.1) is 31.9 Å². The van der Waals surface area contributed by atoms with Gasteiger partial charge in [-0.2, -0.15) is 0 Å². The number of likely N-dealkylation sites (tertiary alicyclic amines) is 1. The number of ether oxygens (including phenoxy) is 4. The van der Waals surface area contributed by atoms with Gasteiger partial charge in [-0.1, -0.05) is 12.1 Å². The Labute approximate surface area is 209 Å². The van der Waals surface area contributed by atoms with Crippen LogP contribution in [0.4, 0.5) is 0 Å². The number of amides is 1. The van der Waals surface area contributed by atoms with Crippen LogP contribution >= 0.6 is 0 Å². The second kappa shape index (κ2) is 10.6. The fraction of sp³-hybridized carbons (Fsp3) is 0.407. The van der Waals surface area contributed by atoms with Crippen molar-refractivity contribution in [2.75, 3.05) is 59.7 Å². The zero-order valence-electron chi connectivity index (χ0n) is 20.3. The second-order valence-electron chi connectivity index (χ2n) is 8.93. The van der Waals surface area contributed by atoms with Crippen LogP contribution in [0, 0.1) is 0 Å². The molecule has 9 heteroatoms. The second-order valence-corrected chi connectivity index (χ2v) is 8.93. The Kier molecular flexibility index (Phi) is 7.11. The summed E-state index contributed by atoms with van der Waals surface area (Å²) in [4.78, 5) is 30.3. The summed E-state index contributed by atoms with van der Waals surface area (Å²) in [6, 6.07) is 11.5. The molecular weight excluding hydrogens is 464 g/mol. The fourth-order valence-electron chi connectivity index (χ4n) is 4.88. The average Bonchev–Trinajstić information content (AvgIpc) is 3.18. The van der Waals surface area contributed by atoms with Gasteiger partial charge in [-0.3, -0.25) is 14.5 Å². The number of Topliss-reactive ketones (excluding diaryl/α,β-unsaturated/α-hetero) is 1. The average molecular weight is 495 g/mol. The molecule has 2 aromatic rings. The van der Waals surface area contributed by atoms with Crippen molar-refractivity contribution in [3.8, 4) is 17.2 Å². The zero-order valence-corrected chi connectivity index (χ0v) is 20.3. The van der Waals surface area contributed by atoms with Gasteiger partial charge in [-0.05, 0) is 42.3 Å². The molecule has 36 heavy (non-hydrogen) atoms. The van der Waals surface area contributed by atoms with Crippen LogP contribution in [0.2, 0.25) is 0 Å². The third-order valence-corrected chi connectivity index (χ3v) is 6.76. The minimum Gasteiger partial charge on any atom is -0.507 e. The van der Waals surface area contributed by atoms with E-state index in [1.54, 1.807) is 42.3 Å². The number of carbonyl (C=O) groups excluding carboxylic acids is 2. The first-order valence-electron chi connectivity index (χ1n) is 12.2. The smallest absolute Gasteiger partial charge is 0.295 e. The summed E-state index contributed by atoms with van der Waals surface area (Å²) in [5, 5.41) is 11.3. The standard InChI is InChI=1S/C27H30N2O7/c1-33-20-6-3-18(4-7-20)24-23(25(30)19-5-8-21-22(17-19)36-16-15-35-21)26(31)27(32)29(24)10-2-9-28-11-13-34-14-12-28/h3-8,17,24,30H,2,9-16H2,1H3/b25-23+/t24-/m0/s1. The topological polar surface area (TPSA) is 97.8 Å². The van der Waals surface area contributed by atoms with Crippen molar-refractivity contribution in [1.82, 2.24) is 9.80 Å². The SMILES string of the molecule is COc1ccc([C@H]2/C(=C(\O)c3ccc4c(c3)OCCO4)C(=O)C(=O)N2CCCN2CCOCC2)cc1. The number of fused-ring (bicyclic) bond motifs is 1. The first kappa shape index (κ1) is 24.1. The number of aliphatic hydroxyl groups is 1. The molecule has 3 aliphatic heterocycles. The first-order chi connectivity index (χ1) is 17.6. The highest BCUT2D eigenvalue weighted by Gasteiger charge is 2.46. The Morgan fingerprint density at radius 1 is 0.972 bits per heavy atom. The Hall–Kier alpha value is -3.56. The van der Waals surface area contributed by atoms with Gasteiger partial charge in [-0.25, -0.2) is 0 Å². The number of nitrogens with zero attached hydrogens (tertiary/aromatic N) is 2. The van der Waals surface area contributed by atoms with E-state index in [1.165, 1.54) is 0 Å². The highest BCUT2D eigenvalue weighted by molar-refractivity contribution is 6.46.